The van der Waals surface area contributed by atoms with E-state index in [2.05, 4.69) is 15.5 Å². The van der Waals surface area contributed by atoms with Crippen LogP contribution in [0, 0.1) is 13.8 Å². The van der Waals surface area contributed by atoms with Gasteiger partial charge < -0.3 is 9.84 Å². The van der Waals surface area contributed by atoms with Crippen LogP contribution in [-0.4, -0.2) is 30.7 Å². The third kappa shape index (κ3) is 3.65. The number of nitrogens with zero attached hydrogens (tertiary/aromatic N) is 2. The molecule has 0 spiro atoms. The molecule has 134 valence electrons. The molecule has 0 aliphatic heterocycles. The van der Waals surface area contributed by atoms with Gasteiger partial charge in [0.15, 0.2) is 9.84 Å². The highest BCUT2D eigenvalue weighted by Crippen LogP contribution is 2.26. The van der Waals surface area contributed by atoms with Crippen LogP contribution in [0.25, 0.3) is 11.4 Å². The van der Waals surface area contributed by atoms with Crippen LogP contribution in [-0.2, 0) is 9.84 Å². The Kier molecular flexibility index (Phi) is 4.60. The molecule has 0 atom stereocenters. The summed E-state index contributed by atoms with van der Waals surface area (Å²) in [6.07, 6.45) is 1.10. The maximum Gasteiger partial charge on any atom is 0.255 e. The molecule has 2 aromatic carbocycles. The molecule has 0 saturated heterocycles. The quantitative estimate of drug-likeness (QED) is 0.756. The van der Waals surface area contributed by atoms with Gasteiger partial charge in [-0.25, -0.2) is 8.42 Å². The molecular formula is C18H17N3O4S. The van der Waals surface area contributed by atoms with E-state index < -0.39 is 15.7 Å². The number of sulfone groups is 1. The van der Waals surface area contributed by atoms with Gasteiger partial charge in [-0.05, 0) is 36.8 Å². The number of carbonyl (C=O) groups excluding carboxylic acids is 1. The zero-order valence-electron chi connectivity index (χ0n) is 14.5. The van der Waals surface area contributed by atoms with Gasteiger partial charge in [-0.1, -0.05) is 23.4 Å². The van der Waals surface area contributed by atoms with Crippen molar-refractivity contribution in [2.75, 3.05) is 11.6 Å². The van der Waals surface area contributed by atoms with Crippen molar-refractivity contribution < 1.29 is 17.7 Å². The molecule has 1 amide bonds. The molecule has 0 unspecified atom stereocenters. The number of nitrogens with one attached hydrogen (secondary N) is 1. The van der Waals surface area contributed by atoms with Crippen LogP contribution in [0.1, 0.15) is 21.8 Å². The van der Waals surface area contributed by atoms with Gasteiger partial charge in [0.1, 0.15) is 0 Å². The van der Waals surface area contributed by atoms with Gasteiger partial charge >= 0.3 is 0 Å². The SMILES string of the molecule is Cc1nc(-c2ccccc2NC(=O)c2cc(S(C)(=O)=O)ccc2C)no1. The molecule has 0 aliphatic carbocycles. The van der Waals surface area contributed by atoms with E-state index in [1.165, 1.54) is 12.1 Å². The van der Waals surface area contributed by atoms with Gasteiger partial charge in [-0.15, -0.1) is 0 Å². The van der Waals surface area contributed by atoms with Crippen LogP contribution >= 0.6 is 0 Å². The first-order valence-corrected chi connectivity index (χ1v) is 9.66. The number of aryl methyl sites for hydroxylation is 2. The smallest absolute Gasteiger partial charge is 0.255 e. The number of para-hydroxylation sites is 1. The van der Waals surface area contributed by atoms with E-state index in [0.717, 1.165) is 6.26 Å². The van der Waals surface area contributed by atoms with E-state index in [9.17, 15) is 13.2 Å². The van der Waals surface area contributed by atoms with Crippen LogP contribution in [0.2, 0.25) is 0 Å². The summed E-state index contributed by atoms with van der Waals surface area (Å²) in [6, 6.07) is 11.5. The fraction of sp³-hybridized carbons (Fsp3) is 0.167. The third-order valence-corrected chi connectivity index (χ3v) is 4.94. The normalized spacial score (nSPS) is 11.3. The number of aromatic nitrogens is 2. The highest BCUT2D eigenvalue weighted by molar-refractivity contribution is 7.90. The number of amides is 1. The Morgan fingerprint density at radius 3 is 2.50 bits per heavy atom. The van der Waals surface area contributed by atoms with Crippen molar-refractivity contribution in [1.29, 1.82) is 0 Å². The van der Waals surface area contributed by atoms with Crippen LogP contribution < -0.4 is 5.32 Å². The van der Waals surface area contributed by atoms with E-state index >= 15 is 0 Å². The fourth-order valence-corrected chi connectivity index (χ4v) is 3.11. The van der Waals surface area contributed by atoms with E-state index in [0.29, 0.717) is 28.5 Å². The minimum absolute atomic E-state index is 0.0929. The Morgan fingerprint density at radius 1 is 1.12 bits per heavy atom. The summed E-state index contributed by atoms with van der Waals surface area (Å²) in [6.45, 7) is 3.42. The van der Waals surface area contributed by atoms with Crippen LogP contribution in [0.3, 0.4) is 0 Å². The maximum absolute atomic E-state index is 12.7. The number of hydrogen-bond donors (Lipinski definition) is 1. The lowest BCUT2D eigenvalue weighted by atomic mass is 10.1. The Morgan fingerprint density at radius 2 is 1.85 bits per heavy atom. The number of rotatable bonds is 4. The first-order valence-electron chi connectivity index (χ1n) is 7.77. The monoisotopic (exact) mass is 371 g/mol. The fourth-order valence-electron chi connectivity index (χ4n) is 2.46. The van der Waals surface area contributed by atoms with Crippen molar-refractivity contribution >= 4 is 21.4 Å². The molecule has 8 heteroatoms. The van der Waals surface area contributed by atoms with Crippen molar-refractivity contribution in [2.45, 2.75) is 18.7 Å². The number of benzene rings is 2. The van der Waals surface area contributed by atoms with Crippen LogP contribution in [0.5, 0.6) is 0 Å². The largest absolute Gasteiger partial charge is 0.339 e. The summed E-state index contributed by atoms with van der Waals surface area (Å²) in [5.41, 5.74) is 2.06. The van der Waals surface area contributed by atoms with Gasteiger partial charge in [0.05, 0.1) is 10.6 Å². The highest BCUT2D eigenvalue weighted by atomic mass is 32.2. The van der Waals surface area contributed by atoms with E-state index in [-0.39, 0.29) is 10.5 Å². The molecule has 3 rings (SSSR count). The molecule has 1 heterocycles. The zero-order valence-corrected chi connectivity index (χ0v) is 15.3. The third-order valence-electron chi connectivity index (χ3n) is 3.83. The van der Waals surface area contributed by atoms with Gasteiger partial charge in [-0.2, -0.15) is 4.98 Å². The topological polar surface area (TPSA) is 102 Å². The maximum atomic E-state index is 12.7. The summed E-state index contributed by atoms with van der Waals surface area (Å²) >= 11 is 0. The lowest BCUT2D eigenvalue weighted by Crippen LogP contribution is -2.15. The molecule has 0 radical (unpaired) electrons. The van der Waals surface area contributed by atoms with Gasteiger partial charge in [0, 0.05) is 24.3 Å². The lowest BCUT2D eigenvalue weighted by Gasteiger charge is -2.11. The van der Waals surface area contributed by atoms with Crippen LogP contribution in [0.15, 0.2) is 51.9 Å². The van der Waals surface area contributed by atoms with Crippen molar-refractivity contribution in [3.05, 3.63) is 59.5 Å². The first kappa shape index (κ1) is 17.8. The molecule has 1 N–H and O–H groups in total. The second kappa shape index (κ2) is 6.72. The predicted molar refractivity (Wildman–Crippen MR) is 96.7 cm³/mol. The lowest BCUT2D eigenvalue weighted by molar-refractivity contribution is 0.102. The molecule has 0 saturated carbocycles. The van der Waals surface area contributed by atoms with Gasteiger partial charge in [0.2, 0.25) is 11.7 Å². The molecule has 0 bridgehead atoms. The minimum atomic E-state index is -3.41. The Labute approximate surface area is 151 Å². The number of anilines is 1. The average molecular weight is 371 g/mol. The summed E-state index contributed by atoms with van der Waals surface area (Å²) < 4.78 is 28.5. The Balaban J connectivity index is 1.97. The van der Waals surface area contributed by atoms with E-state index in [1.54, 1.807) is 44.2 Å². The second-order valence-corrected chi connectivity index (χ2v) is 7.90. The molecule has 1 aromatic heterocycles. The van der Waals surface area contributed by atoms with Crippen LogP contribution in [0.4, 0.5) is 5.69 Å². The summed E-state index contributed by atoms with van der Waals surface area (Å²) in [4.78, 5) is 17.0. The van der Waals surface area contributed by atoms with Gasteiger partial charge in [-0.3, -0.25) is 4.79 Å². The van der Waals surface area contributed by atoms with Crippen molar-refractivity contribution in [3.63, 3.8) is 0 Å². The zero-order chi connectivity index (χ0) is 18.9. The summed E-state index contributed by atoms with van der Waals surface area (Å²) in [7, 11) is -3.41. The molecule has 26 heavy (non-hydrogen) atoms. The Bertz CT molecular complexity index is 1090. The summed E-state index contributed by atoms with van der Waals surface area (Å²) in [5.74, 6) is 0.360. The highest BCUT2D eigenvalue weighted by Gasteiger charge is 2.17. The average Bonchev–Trinajstić information content (AvgIpc) is 3.01. The Hall–Kier alpha value is -3.00. The van der Waals surface area contributed by atoms with Gasteiger partial charge in [0.25, 0.3) is 5.91 Å². The van der Waals surface area contributed by atoms with E-state index in [1.807, 2.05) is 0 Å². The van der Waals surface area contributed by atoms with Crippen molar-refractivity contribution in [3.8, 4) is 11.4 Å². The van der Waals surface area contributed by atoms with Crippen molar-refractivity contribution in [2.24, 2.45) is 0 Å². The predicted octanol–water partition coefficient (Wildman–Crippen LogP) is 3.01. The second-order valence-electron chi connectivity index (χ2n) is 5.89. The van der Waals surface area contributed by atoms with Crippen molar-refractivity contribution in [1.82, 2.24) is 10.1 Å². The minimum Gasteiger partial charge on any atom is -0.339 e. The molecule has 0 aliphatic rings. The molecule has 0 fully saturated rings. The standard InChI is InChI=1S/C18H17N3O4S/c1-11-8-9-13(26(3,23)24)10-15(11)18(22)20-16-7-5-4-6-14(16)17-19-12(2)25-21-17/h4-10H,1-3H3,(H,20,22). The molecular weight excluding hydrogens is 354 g/mol. The number of hydrogen-bond acceptors (Lipinski definition) is 6. The molecule has 3 aromatic rings. The molecule has 7 nitrogen and oxygen atoms in total. The summed E-state index contributed by atoms with van der Waals surface area (Å²) in [5, 5.41) is 6.67. The van der Waals surface area contributed by atoms with E-state index in [4.69, 9.17) is 4.52 Å². The first-order chi connectivity index (χ1) is 12.3. The number of carbonyl (C=O) groups is 1.